The summed E-state index contributed by atoms with van der Waals surface area (Å²) in [5, 5.41) is 13.3. The quantitative estimate of drug-likeness (QED) is 0.431. The molecule has 0 saturated heterocycles. The smallest absolute Gasteiger partial charge is 0.270 e. The van der Waals surface area contributed by atoms with E-state index in [0.29, 0.717) is 11.4 Å². The Labute approximate surface area is 120 Å². The number of nitro benzene ring substituents is 1. The van der Waals surface area contributed by atoms with Gasteiger partial charge in [0.05, 0.1) is 4.92 Å². The van der Waals surface area contributed by atoms with Crippen LogP contribution in [-0.2, 0) is 6.54 Å². The molecule has 0 unspecified atom stereocenters. The Hall–Kier alpha value is -3.00. The molecule has 8 heteroatoms. The van der Waals surface area contributed by atoms with Gasteiger partial charge in [-0.15, -0.1) is 0 Å². The highest BCUT2D eigenvalue weighted by Gasteiger charge is 2.09. The van der Waals surface area contributed by atoms with Gasteiger partial charge < -0.3 is 10.7 Å². The number of amides is 1. The van der Waals surface area contributed by atoms with Crippen molar-refractivity contribution in [2.75, 3.05) is 5.43 Å². The van der Waals surface area contributed by atoms with Gasteiger partial charge in [0.15, 0.2) is 0 Å². The monoisotopic (exact) mass is 287 g/mol. The number of nitrogen functional groups attached to an aromatic ring is 1. The Balaban J connectivity index is 2.03. The van der Waals surface area contributed by atoms with Crippen molar-refractivity contribution in [2.24, 2.45) is 5.84 Å². The van der Waals surface area contributed by atoms with Crippen molar-refractivity contribution in [3.8, 4) is 0 Å². The van der Waals surface area contributed by atoms with Gasteiger partial charge in [-0.1, -0.05) is 18.2 Å². The van der Waals surface area contributed by atoms with Gasteiger partial charge in [-0.05, 0) is 17.7 Å². The lowest BCUT2D eigenvalue weighted by Crippen LogP contribution is -2.24. The van der Waals surface area contributed by atoms with Crippen LogP contribution in [-0.4, -0.2) is 15.8 Å². The second-order valence-corrected chi connectivity index (χ2v) is 4.16. The fourth-order valence-corrected chi connectivity index (χ4v) is 1.69. The molecule has 1 amide bonds. The van der Waals surface area contributed by atoms with Crippen molar-refractivity contribution in [3.05, 3.63) is 63.8 Å². The van der Waals surface area contributed by atoms with Crippen molar-refractivity contribution in [3.63, 3.8) is 0 Å². The lowest BCUT2D eigenvalue weighted by molar-refractivity contribution is -0.384. The normalized spacial score (nSPS) is 9.95. The standard InChI is InChI=1S/C13H13N5O3/c14-17-12-6-2-5-11(16-12)13(19)15-8-9-3-1-4-10(7-9)18(20)21/h1-7H,8,14H2,(H,15,19)(H,16,17). The van der Waals surface area contributed by atoms with Crippen LogP contribution in [0.25, 0.3) is 0 Å². The number of nitrogens with two attached hydrogens (primary N) is 1. The number of nitrogens with zero attached hydrogens (tertiary/aromatic N) is 2. The van der Waals surface area contributed by atoms with E-state index in [1.54, 1.807) is 30.3 Å². The molecule has 8 nitrogen and oxygen atoms in total. The summed E-state index contributed by atoms with van der Waals surface area (Å²) in [4.78, 5) is 26.1. The van der Waals surface area contributed by atoms with Gasteiger partial charge >= 0.3 is 0 Å². The Bertz CT molecular complexity index is 674. The molecule has 0 aliphatic carbocycles. The third kappa shape index (κ3) is 3.74. The minimum Gasteiger partial charge on any atom is -0.347 e. The number of carbonyl (C=O) groups is 1. The van der Waals surface area contributed by atoms with Crippen LogP contribution in [0.15, 0.2) is 42.5 Å². The van der Waals surface area contributed by atoms with Crippen LogP contribution in [0.2, 0.25) is 0 Å². The zero-order valence-corrected chi connectivity index (χ0v) is 10.9. The first-order valence-electron chi connectivity index (χ1n) is 6.05. The second-order valence-electron chi connectivity index (χ2n) is 4.16. The summed E-state index contributed by atoms with van der Waals surface area (Å²) in [5.74, 6) is 5.20. The molecule has 0 atom stereocenters. The number of hydrazine groups is 1. The van der Waals surface area contributed by atoms with E-state index in [2.05, 4.69) is 15.7 Å². The van der Waals surface area contributed by atoms with E-state index in [1.807, 2.05) is 0 Å². The average molecular weight is 287 g/mol. The summed E-state index contributed by atoms with van der Waals surface area (Å²) >= 11 is 0. The maximum absolute atomic E-state index is 11.9. The van der Waals surface area contributed by atoms with E-state index >= 15 is 0 Å². The molecule has 2 rings (SSSR count). The van der Waals surface area contributed by atoms with Crippen molar-refractivity contribution >= 4 is 17.4 Å². The average Bonchev–Trinajstić information content (AvgIpc) is 2.53. The van der Waals surface area contributed by atoms with E-state index < -0.39 is 10.8 Å². The highest BCUT2D eigenvalue weighted by atomic mass is 16.6. The summed E-state index contributed by atoms with van der Waals surface area (Å²) in [6.45, 7) is 0.169. The largest absolute Gasteiger partial charge is 0.347 e. The third-order valence-corrected chi connectivity index (χ3v) is 2.70. The second kappa shape index (κ2) is 6.44. The molecule has 1 aromatic carbocycles. The van der Waals surface area contributed by atoms with Crippen LogP contribution in [0.4, 0.5) is 11.5 Å². The summed E-state index contributed by atoms with van der Waals surface area (Å²) in [6.07, 6.45) is 0. The zero-order chi connectivity index (χ0) is 15.2. The summed E-state index contributed by atoms with van der Waals surface area (Å²) in [6, 6.07) is 10.9. The van der Waals surface area contributed by atoms with Gasteiger partial charge in [0, 0.05) is 18.7 Å². The van der Waals surface area contributed by atoms with E-state index in [0.717, 1.165) is 0 Å². The Morgan fingerprint density at radius 1 is 1.29 bits per heavy atom. The first-order valence-corrected chi connectivity index (χ1v) is 6.05. The van der Waals surface area contributed by atoms with Gasteiger partial charge in [-0.3, -0.25) is 14.9 Å². The van der Waals surface area contributed by atoms with Crippen LogP contribution in [0.5, 0.6) is 0 Å². The fourth-order valence-electron chi connectivity index (χ4n) is 1.69. The van der Waals surface area contributed by atoms with Crippen molar-refractivity contribution < 1.29 is 9.72 Å². The van der Waals surface area contributed by atoms with Gasteiger partial charge in [0.2, 0.25) is 0 Å². The molecule has 1 aromatic heterocycles. The summed E-state index contributed by atoms with van der Waals surface area (Å²) in [5.41, 5.74) is 3.17. The van der Waals surface area contributed by atoms with Gasteiger partial charge in [-0.2, -0.15) is 0 Å². The third-order valence-electron chi connectivity index (χ3n) is 2.70. The molecule has 0 bridgehead atoms. The number of benzene rings is 1. The fraction of sp³-hybridized carbons (Fsp3) is 0.0769. The maximum Gasteiger partial charge on any atom is 0.270 e. The first-order chi connectivity index (χ1) is 10.1. The molecule has 0 aliphatic rings. The maximum atomic E-state index is 11.9. The lowest BCUT2D eigenvalue weighted by atomic mass is 10.2. The molecular weight excluding hydrogens is 274 g/mol. The number of pyridine rings is 1. The molecular formula is C13H13N5O3. The number of carbonyl (C=O) groups excluding carboxylic acids is 1. The van der Waals surface area contributed by atoms with E-state index in [1.165, 1.54) is 12.1 Å². The molecule has 0 spiro atoms. The SMILES string of the molecule is NNc1cccc(C(=O)NCc2cccc([N+](=O)[O-])c2)n1. The van der Waals surface area contributed by atoms with E-state index in [9.17, 15) is 14.9 Å². The minimum atomic E-state index is -0.483. The highest BCUT2D eigenvalue weighted by molar-refractivity contribution is 5.92. The summed E-state index contributed by atoms with van der Waals surface area (Å²) < 4.78 is 0. The molecule has 0 radical (unpaired) electrons. The number of non-ortho nitro benzene ring substituents is 1. The number of hydrogen-bond acceptors (Lipinski definition) is 6. The molecule has 21 heavy (non-hydrogen) atoms. The topological polar surface area (TPSA) is 123 Å². The Morgan fingerprint density at radius 3 is 2.76 bits per heavy atom. The first kappa shape index (κ1) is 14.4. The predicted octanol–water partition coefficient (Wildman–Crippen LogP) is 1.21. The van der Waals surface area contributed by atoms with Gasteiger partial charge in [-0.25, -0.2) is 10.8 Å². The molecule has 0 saturated carbocycles. The predicted molar refractivity (Wildman–Crippen MR) is 76.3 cm³/mol. The van der Waals surface area contributed by atoms with Crippen molar-refractivity contribution in [2.45, 2.75) is 6.54 Å². The Morgan fingerprint density at radius 2 is 2.05 bits per heavy atom. The zero-order valence-electron chi connectivity index (χ0n) is 10.9. The molecule has 108 valence electrons. The van der Waals surface area contributed by atoms with E-state index in [4.69, 9.17) is 5.84 Å². The highest BCUT2D eigenvalue weighted by Crippen LogP contribution is 2.13. The van der Waals surface area contributed by atoms with E-state index in [-0.39, 0.29) is 17.9 Å². The number of hydrogen-bond donors (Lipinski definition) is 3. The van der Waals surface area contributed by atoms with Crippen molar-refractivity contribution in [1.29, 1.82) is 0 Å². The van der Waals surface area contributed by atoms with Crippen LogP contribution in [0, 0.1) is 10.1 Å². The van der Waals surface area contributed by atoms with Crippen LogP contribution in [0.1, 0.15) is 16.1 Å². The van der Waals surface area contributed by atoms with Crippen LogP contribution < -0.4 is 16.6 Å². The van der Waals surface area contributed by atoms with Crippen molar-refractivity contribution in [1.82, 2.24) is 10.3 Å². The number of aromatic nitrogens is 1. The van der Waals surface area contributed by atoms with Crippen LogP contribution in [0.3, 0.4) is 0 Å². The number of nitrogens with one attached hydrogen (secondary N) is 2. The molecule has 0 aliphatic heterocycles. The Kier molecular flexibility index (Phi) is 4.42. The number of anilines is 1. The minimum absolute atomic E-state index is 0.0193. The molecule has 1 heterocycles. The van der Waals surface area contributed by atoms with Crippen LogP contribution >= 0.6 is 0 Å². The lowest BCUT2D eigenvalue weighted by Gasteiger charge is -2.06. The van der Waals surface area contributed by atoms with Gasteiger partial charge in [0.25, 0.3) is 11.6 Å². The number of nitro groups is 1. The van der Waals surface area contributed by atoms with Gasteiger partial charge in [0.1, 0.15) is 11.5 Å². The molecule has 0 fully saturated rings. The molecule has 4 N–H and O–H groups in total. The molecule has 2 aromatic rings. The summed E-state index contributed by atoms with van der Waals surface area (Å²) in [7, 11) is 0. The number of rotatable bonds is 5.